The lowest BCUT2D eigenvalue weighted by atomic mass is 9.74. The van der Waals surface area contributed by atoms with Crippen molar-refractivity contribution in [2.24, 2.45) is 0 Å². The van der Waals surface area contributed by atoms with E-state index >= 15 is 0 Å². The van der Waals surface area contributed by atoms with Gasteiger partial charge in [0, 0.05) is 18.7 Å². The van der Waals surface area contributed by atoms with Crippen LogP contribution in [0.3, 0.4) is 0 Å². The van der Waals surface area contributed by atoms with Crippen LogP contribution in [0.2, 0.25) is 0 Å². The molecule has 1 N–H and O–H groups in total. The van der Waals surface area contributed by atoms with Crippen molar-refractivity contribution in [1.82, 2.24) is 5.32 Å². The predicted molar refractivity (Wildman–Crippen MR) is 75.6 cm³/mol. The predicted octanol–water partition coefficient (Wildman–Crippen LogP) is 3.96. The Bertz CT molecular complexity index is 441. The van der Waals surface area contributed by atoms with E-state index in [1.54, 1.807) is 19.2 Å². The summed E-state index contributed by atoms with van der Waals surface area (Å²) in [5.41, 5.74) is 0.228. The van der Waals surface area contributed by atoms with E-state index in [0.717, 1.165) is 38.3 Å². The average molecular weight is 283 g/mol. The maximum atomic E-state index is 14.0. The first-order valence-corrected chi connectivity index (χ1v) is 7.34. The Morgan fingerprint density at radius 1 is 1.35 bits per heavy atom. The summed E-state index contributed by atoms with van der Waals surface area (Å²) in [6, 6.07) is 4.18. The van der Waals surface area contributed by atoms with Gasteiger partial charge in [0.1, 0.15) is 0 Å². The number of methoxy groups -OCH3 is 1. The van der Waals surface area contributed by atoms with Crippen LogP contribution in [-0.4, -0.2) is 19.3 Å². The number of ether oxygens (including phenoxy) is 1. The maximum absolute atomic E-state index is 14.0. The molecule has 4 heteroatoms. The molecule has 0 aromatic heterocycles. The summed E-state index contributed by atoms with van der Waals surface area (Å²) in [4.78, 5) is 0. The second kappa shape index (κ2) is 6.64. The van der Waals surface area contributed by atoms with Crippen LogP contribution in [0.5, 0.6) is 0 Å². The Morgan fingerprint density at radius 3 is 2.65 bits per heavy atom. The van der Waals surface area contributed by atoms with Crippen molar-refractivity contribution in [2.75, 3.05) is 13.7 Å². The van der Waals surface area contributed by atoms with Gasteiger partial charge in [-0.3, -0.25) is 0 Å². The zero-order chi connectivity index (χ0) is 14.6. The Kier molecular flexibility index (Phi) is 5.11. The number of rotatable bonds is 7. The van der Waals surface area contributed by atoms with E-state index in [9.17, 15) is 8.78 Å². The highest BCUT2D eigenvalue weighted by Gasteiger charge is 2.39. The lowest BCUT2D eigenvalue weighted by Crippen LogP contribution is -2.43. The van der Waals surface area contributed by atoms with Crippen LogP contribution in [0.25, 0.3) is 0 Å². The van der Waals surface area contributed by atoms with Gasteiger partial charge < -0.3 is 10.1 Å². The molecule has 2 rings (SSSR count). The topological polar surface area (TPSA) is 21.3 Å². The second-order valence-corrected chi connectivity index (χ2v) is 5.59. The first kappa shape index (κ1) is 15.4. The molecule has 1 aliphatic rings. The molecule has 0 aliphatic heterocycles. The Balaban J connectivity index is 2.20. The van der Waals surface area contributed by atoms with Crippen LogP contribution in [0.1, 0.15) is 50.6 Å². The number of benzene rings is 1. The highest BCUT2D eigenvalue weighted by atomic mass is 19.2. The molecule has 1 aromatic rings. The van der Waals surface area contributed by atoms with Crippen molar-refractivity contribution < 1.29 is 13.5 Å². The van der Waals surface area contributed by atoms with Crippen LogP contribution < -0.4 is 5.32 Å². The minimum Gasteiger partial charge on any atom is -0.378 e. The molecular formula is C16H23F2NO. The highest BCUT2D eigenvalue weighted by molar-refractivity contribution is 5.23. The van der Waals surface area contributed by atoms with Crippen LogP contribution in [0.15, 0.2) is 18.2 Å². The van der Waals surface area contributed by atoms with E-state index in [1.807, 2.05) is 0 Å². The molecule has 1 unspecified atom stereocenters. The molecule has 0 heterocycles. The summed E-state index contributed by atoms with van der Waals surface area (Å²) >= 11 is 0. The van der Waals surface area contributed by atoms with Crippen LogP contribution in [0, 0.1) is 11.6 Å². The molecule has 2 nitrogen and oxygen atoms in total. The monoisotopic (exact) mass is 283 g/mol. The fourth-order valence-corrected chi connectivity index (χ4v) is 2.83. The smallest absolute Gasteiger partial charge is 0.163 e. The van der Waals surface area contributed by atoms with Crippen molar-refractivity contribution in [2.45, 2.75) is 50.7 Å². The first-order chi connectivity index (χ1) is 9.62. The van der Waals surface area contributed by atoms with Crippen molar-refractivity contribution >= 4 is 0 Å². The zero-order valence-electron chi connectivity index (χ0n) is 12.2. The van der Waals surface area contributed by atoms with Crippen LogP contribution in [0.4, 0.5) is 8.78 Å². The van der Waals surface area contributed by atoms with Crippen molar-refractivity contribution in [3.05, 3.63) is 35.4 Å². The molecule has 1 aliphatic carbocycles. The number of halogens is 2. The van der Waals surface area contributed by atoms with E-state index < -0.39 is 11.6 Å². The first-order valence-electron chi connectivity index (χ1n) is 7.34. The number of nitrogens with one attached hydrogen (secondary N) is 1. The van der Waals surface area contributed by atoms with Crippen LogP contribution >= 0.6 is 0 Å². The number of hydrogen-bond donors (Lipinski definition) is 1. The quantitative estimate of drug-likeness (QED) is 0.817. The summed E-state index contributed by atoms with van der Waals surface area (Å²) in [5.74, 6) is -1.53. The average Bonchev–Trinajstić information content (AvgIpc) is 2.41. The van der Waals surface area contributed by atoms with Crippen molar-refractivity contribution in [3.8, 4) is 0 Å². The third kappa shape index (κ3) is 3.18. The highest BCUT2D eigenvalue weighted by Crippen LogP contribution is 2.42. The molecule has 112 valence electrons. The van der Waals surface area contributed by atoms with Gasteiger partial charge in [-0.2, -0.15) is 0 Å². The molecule has 1 aromatic carbocycles. The van der Waals surface area contributed by atoms with E-state index in [0.29, 0.717) is 12.0 Å². The molecule has 0 spiro atoms. The van der Waals surface area contributed by atoms with E-state index in [-0.39, 0.29) is 11.6 Å². The maximum Gasteiger partial charge on any atom is 0.163 e. The van der Waals surface area contributed by atoms with Crippen molar-refractivity contribution in [1.29, 1.82) is 0 Å². The van der Waals surface area contributed by atoms with Crippen LogP contribution in [-0.2, 0) is 4.74 Å². The Morgan fingerprint density at radius 2 is 2.10 bits per heavy atom. The van der Waals surface area contributed by atoms with Gasteiger partial charge in [-0.05, 0) is 44.7 Å². The van der Waals surface area contributed by atoms with E-state index in [4.69, 9.17) is 4.74 Å². The van der Waals surface area contributed by atoms with E-state index in [1.165, 1.54) is 0 Å². The summed E-state index contributed by atoms with van der Waals surface area (Å²) in [5, 5.41) is 3.33. The van der Waals surface area contributed by atoms with Gasteiger partial charge in [-0.15, -0.1) is 0 Å². The molecule has 1 atom stereocenters. The minimum atomic E-state index is -0.786. The molecular weight excluding hydrogens is 260 g/mol. The molecule has 1 saturated carbocycles. The Labute approximate surface area is 119 Å². The van der Waals surface area contributed by atoms with Gasteiger partial charge in [0.25, 0.3) is 0 Å². The fraction of sp³-hybridized carbons (Fsp3) is 0.625. The SMILES string of the molecule is CCCNC(CC1(OC)CCC1)c1cccc(F)c1F. The third-order valence-electron chi connectivity index (χ3n) is 4.27. The fourth-order valence-electron chi connectivity index (χ4n) is 2.83. The number of hydrogen-bond acceptors (Lipinski definition) is 2. The largest absolute Gasteiger partial charge is 0.378 e. The lowest BCUT2D eigenvalue weighted by molar-refractivity contribution is -0.0840. The van der Waals surface area contributed by atoms with Gasteiger partial charge in [-0.1, -0.05) is 19.1 Å². The lowest BCUT2D eigenvalue weighted by Gasteiger charge is -2.43. The van der Waals surface area contributed by atoms with E-state index in [2.05, 4.69) is 12.2 Å². The molecule has 0 amide bonds. The zero-order valence-corrected chi connectivity index (χ0v) is 12.2. The van der Waals surface area contributed by atoms with Gasteiger partial charge in [0.15, 0.2) is 11.6 Å². The van der Waals surface area contributed by atoms with Gasteiger partial charge >= 0.3 is 0 Å². The Hall–Kier alpha value is -1.00. The van der Waals surface area contributed by atoms with Gasteiger partial charge in [0.05, 0.1) is 5.60 Å². The molecule has 20 heavy (non-hydrogen) atoms. The molecule has 1 fully saturated rings. The molecule has 0 bridgehead atoms. The third-order valence-corrected chi connectivity index (χ3v) is 4.27. The summed E-state index contributed by atoms with van der Waals surface area (Å²) in [6.45, 7) is 2.84. The normalized spacial score (nSPS) is 18.6. The van der Waals surface area contributed by atoms with Crippen molar-refractivity contribution in [3.63, 3.8) is 0 Å². The van der Waals surface area contributed by atoms with Gasteiger partial charge in [0.2, 0.25) is 0 Å². The molecule has 0 radical (unpaired) electrons. The summed E-state index contributed by atoms with van der Waals surface area (Å²) < 4.78 is 33.1. The minimum absolute atomic E-state index is 0.176. The van der Waals surface area contributed by atoms with Gasteiger partial charge in [-0.25, -0.2) is 8.78 Å². The second-order valence-electron chi connectivity index (χ2n) is 5.59. The summed E-state index contributed by atoms with van der Waals surface area (Å²) in [7, 11) is 1.71. The molecule has 0 saturated heterocycles. The summed E-state index contributed by atoms with van der Waals surface area (Å²) in [6.07, 6.45) is 4.76. The standard InChI is InChI=1S/C16H23F2NO/c1-3-10-19-14(11-16(20-2)8-5-9-16)12-6-4-7-13(17)15(12)18/h4,6-7,14,19H,3,5,8-11H2,1-2H3.